The van der Waals surface area contributed by atoms with Crippen molar-refractivity contribution in [1.29, 1.82) is 0 Å². The van der Waals surface area contributed by atoms with Crippen molar-refractivity contribution in [3.05, 3.63) is 85.2 Å². The van der Waals surface area contributed by atoms with Crippen LogP contribution in [0, 0.1) is 36.7 Å². The summed E-state index contributed by atoms with van der Waals surface area (Å²) in [6.07, 6.45) is 3.87. The Morgan fingerprint density at radius 3 is 2.39 bits per heavy atom. The Morgan fingerprint density at radius 2 is 1.71 bits per heavy atom. The number of hydrogen-bond donors (Lipinski definition) is 0. The van der Waals surface area contributed by atoms with Crippen LogP contribution in [0.5, 0.6) is 5.75 Å². The van der Waals surface area contributed by atoms with Crippen LogP contribution >= 0.6 is 0 Å². The van der Waals surface area contributed by atoms with Crippen LogP contribution in [0.1, 0.15) is 52.3 Å². The van der Waals surface area contributed by atoms with Crippen LogP contribution in [0.4, 0.5) is 10.1 Å². The Bertz CT molecular complexity index is 1470. The quantitative estimate of drug-likeness (QED) is 0.282. The second kappa shape index (κ2) is 10.6. The van der Waals surface area contributed by atoms with Crippen LogP contribution in [-0.2, 0) is 36.7 Å². The molecule has 0 fully saturated rings. The molecule has 6 nitrogen and oxygen atoms in total. The number of benzene rings is 3. The summed E-state index contributed by atoms with van der Waals surface area (Å²) in [5.74, 6) is 0.0909. The lowest BCUT2D eigenvalue weighted by atomic mass is 9.80. The number of rotatable bonds is 5. The van der Waals surface area contributed by atoms with Gasteiger partial charge in [0.1, 0.15) is 15.9 Å². The van der Waals surface area contributed by atoms with E-state index in [1.165, 1.54) is 28.3 Å². The van der Waals surface area contributed by atoms with Gasteiger partial charge in [0, 0.05) is 24.7 Å². The van der Waals surface area contributed by atoms with Gasteiger partial charge < -0.3 is 4.74 Å². The maximum absolute atomic E-state index is 15.2. The number of para-hydroxylation sites is 1. The van der Waals surface area contributed by atoms with Gasteiger partial charge in [0.25, 0.3) is 5.69 Å². The van der Waals surface area contributed by atoms with Crippen LogP contribution in [0.3, 0.4) is 0 Å². The van der Waals surface area contributed by atoms with Gasteiger partial charge in [0.2, 0.25) is 0 Å². The van der Waals surface area contributed by atoms with Gasteiger partial charge in [-0.3, -0.25) is 10.1 Å². The van der Waals surface area contributed by atoms with E-state index in [0.29, 0.717) is 38.3 Å². The van der Waals surface area contributed by atoms with E-state index in [2.05, 4.69) is 27.7 Å². The molecule has 2 heterocycles. The number of ether oxygens (including phenoxy) is 1. The van der Waals surface area contributed by atoms with Gasteiger partial charge in [-0.25, -0.2) is 12.9 Å². The highest BCUT2D eigenvalue weighted by atomic mass is 32.2. The molecule has 2 aliphatic rings. The summed E-state index contributed by atoms with van der Waals surface area (Å²) in [6.45, 7) is 10.1. The van der Waals surface area contributed by atoms with Gasteiger partial charge in [-0.2, -0.15) is 0 Å². The summed E-state index contributed by atoms with van der Waals surface area (Å²) < 4.78 is 36.3. The zero-order chi connectivity index (χ0) is 27.1. The topological polar surface area (TPSA) is 72.7 Å². The van der Waals surface area contributed by atoms with Crippen molar-refractivity contribution in [2.75, 3.05) is 19.7 Å². The first-order valence-electron chi connectivity index (χ1n) is 13.2. The molecule has 0 aromatic heterocycles. The van der Waals surface area contributed by atoms with Crippen molar-refractivity contribution in [3.8, 4) is 16.9 Å². The third-order valence-electron chi connectivity index (χ3n) is 8.17. The summed E-state index contributed by atoms with van der Waals surface area (Å²) in [6, 6.07) is 7.90. The maximum Gasteiger partial charge on any atom is 0.286 e. The minimum absolute atomic E-state index is 0.121. The van der Waals surface area contributed by atoms with Gasteiger partial charge in [-0.1, -0.05) is 19.1 Å². The summed E-state index contributed by atoms with van der Waals surface area (Å²) in [5, 5.41) is 11.5. The standard InChI is InChI=1S/C30H33FN2O4S/c1-5-21-18(2)22-12-14-32(38(36)28-11-7-6-10-27(28)33(34)35)15-13-23(22)20(4)29(21)25-17-26(31)30-24(19(25)3)9-8-16-37-30/h6-7,10-11,17H,5,8-9,12-16H2,1-4H3. The fourth-order valence-electron chi connectivity index (χ4n) is 6.25. The van der Waals surface area contributed by atoms with Crippen LogP contribution in [0.15, 0.2) is 35.2 Å². The van der Waals surface area contributed by atoms with E-state index in [4.69, 9.17) is 4.74 Å². The zero-order valence-corrected chi connectivity index (χ0v) is 23.2. The fourth-order valence-corrected chi connectivity index (χ4v) is 7.55. The Balaban J connectivity index is 1.57. The highest BCUT2D eigenvalue weighted by Crippen LogP contribution is 2.43. The molecule has 1 unspecified atom stereocenters. The van der Waals surface area contributed by atoms with Crippen LogP contribution < -0.4 is 4.74 Å². The highest BCUT2D eigenvalue weighted by Gasteiger charge is 2.29. The van der Waals surface area contributed by atoms with E-state index in [-0.39, 0.29) is 16.4 Å². The van der Waals surface area contributed by atoms with Crippen molar-refractivity contribution < 1.29 is 18.3 Å². The van der Waals surface area contributed by atoms with Crippen molar-refractivity contribution in [2.24, 2.45) is 0 Å². The molecule has 0 spiro atoms. The molecule has 38 heavy (non-hydrogen) atoms. The van der Waals surface area contributed by atoms with Gasteiger partial charge in [0.15, 0.2) is 11.6 Å². The molecule has 0 bridgehead atoms. The molecule has 0 saturated heterocycles. The van der Waals surface area contributed by atoms with E-state index in [0.717, 1.165) is 47.1 Å². The van der Waals surface area contributed by atoms with E-state index >= 15 is 4.39 Å². The van der Waals surface area contributed by atoms with Crippen molar-refractivity contribution in [2.45, 2.75) is 64.7 Å². The normalized spacial score (nSPS) is 16.2. The predicted molar refractivity (Wildman–Crippen MR) is 148 cm³/mol. The van der Waals surface area contributed by atoms with Gasteiger partial charge >= 0.3 is 0 Å². The Labute approximate surface area is 225 Å². The largest absolute Gasteiger partial charge is 0.490 e. The summed E-state index contributed by atoms with van der Waals surface area (Å²) in [7, 11) is -1.64. The van der Waals surface area contributed by atoms with E-state index in [9.17, 15) is 14.3 Å². The Morgan fingerprint density at radius 1 is 1.03 bits per heavy atom. The molecule has 0 radical (unpaired) electrons. The molecule has 0 N–H and O–H groups in total. The fraction of sp³-hybridized carbons (Fsp3) is 0.400. The number of nitrogens with zero attached hydrogens (tertiary/aromatic N) is 2. The SMILES string of the molecule is CCc1c(C)c2c(c(C)c1-c1cc(F)c3c(c1C)CCCO3)CCN(S(=O)c1ccccc1[N+](=O)[O-])CC2. The highest BCUT2D eigenvalue weighted by molar-refractivity contribution is 7.82. The lowest BCUT2D eigenvalue weighted by molar-refractivity contribution is -0.387. The maximum atomic E-state index is 15.2. The molecular formula is C30H33FN2O4S. The monoisotopic (exact) mass is 536 g/mol. The molecule has 200 valence electrons. The average molecular weight is 537 g/mol. The average Bonchev–Trinajstić information content (AvgIpc) is 3.16. The summed E-state index contributed by atoms with van der Waals surface area (Å²) in [5.41, 5.74) is 9.97. The second-order valence-corrected chi connectivity index (χ2v) is 11.6. The number of halogens is 1. The molecule has 0 aliphatic carbocycles. The van der Waals surface area contributed by atoms with E-state index in [1.54, 1.807) is 24.3 Å². The van der Waals surface area contributed by atoms with Crippen molar-refractivity contribution in [3.63, 3.8) is 0 Å². The van der Waals surface area contributed by atoms with Crippen molar-refractivity contribution >= 4 is 16.7 Å². The van der Waals surface area contributed by atoms with Crippen LogP contribution in [0.2, 0.25) is 0 Å². The first kappa shape index (κ1) is 26.5. The molecular weight excluding hydrogens is 503 g/mol. The Hall–Kier alpha value is -3.10. The molecule has 2 aliphatic heterocycles. The molecule has 0 amide bonds. The minimum Gasteiger partial charge on any atom is -0.490 e. The number of hydrogen-bond acceptors (Lipinski definition) is 4. The minimum atomic E-state index is -1.64. The lowest BCUT2D eigenvalue weighted by Gasteiger charge is -2.26. The van der Waals surface area contributed by atoms with Crippen molar-refractivity contribution in [1.82, 2.24) is 4.31 Å². The van der Waals surface area contributed by atoms with E-state index < -0.39 is 15.9 Å². The molecule has 5 rings (SSSR count). The molecule has 3 aromatic rings. The number of nitro groups is 1. The van der Waals surface area contributed by atoms with Crippen LogP contribution in [0.25, 0.3) is 11.1 Å². The lowest BCUT2D eigenvalue weighted by Crippen LogP contribution is -2.29. The second-order valence-electron chi connectivity index (χ2n) is 10.1. The van der Waals surface area contributed by atoms with Gasteiger partial charge in [0.05, 0.1) is 11.5 Å². The van der Waals surface area contributed by atoms with Gasteiger partial charge in [-0.05, 0) is 110 Å². The number of fused-ring (bicyclic) bond motifs is 2. The smallest absolute Gasteiger partial charge is 0.286 e. The first-order valence-corrected chi connectivity index (χ1v) is 14.3. The summed E-state index contributed by atoms with van der Waals surface area (Å²) in [4.78, 5) is 11.3. The predicted octanol–water partition coefficient (Wildman–Crippen LogP) is 6.34. The molecule has 0 saturated carbocycles. The number of nitro benzene ring substituents is 1. The molecule has 3 aromatic carbocycles. The van der Waals surface area contributed by atoms with E-state index in [1.807, 2.05) is 4.31 Å². The molecule has 8 heteroatoms. The summed E-state index contributed by atoms with van der Waals surface area (Å²) >= 11 is 0. The molecule has 1 atom stereocenters. The van der Waals surface area contributed by atoms with Gasteiger partial charge in [-0.15, -0.1) is 0 Å². The zero-order valence-electron chi connectivity index (χ0n) is 22.4. The third-order valence-corrected chi connectivity index (χ3v) is 9.72. The first-order chi connectivity index (χ1) is 18.2. The Kier molecular flexibility index (Phi) is 7.38. The van der Waals surface area contributed by atoms with Crippen LogP contribution in [-0.4, -0.2) is 33.1 Å². The third kappa shape index (κ3) is 4.43.